The molecule has 1 aliphatic rings. The van der Waals surface area contributed by atoms with Crippen LogP contribution in [0, 0.1) is 0 Å². The van der Waals surface area contributed by atoms with E-state index in [2.05, 4.69) is 5.32 Å². The standard InChI is InChI=1S/C19H29N3O3/c1-3-22(18(23)14(2)20)17-12-8-7-11-16(17)21-19(24)25-13-15-9-5-4-6-10-15/h4-6,9-10,14,16-17H,3,7-8,11-13,20H2,1-2H3,(H,21,24)/t14-,16-,17-/m0/s1. The number of nitrogens with two attached hydrogens (primary N) is 1. The fourth-order valence-electron chi connectivity index (χ4n) is 3.38. The molecule has 2 rings (SSSR count). The van der Waals surface area contributed by atoms with E-state index in [1.807, 2.05) is 37.3 Å². The van der Waals surface area contributed by atoms with Gasteiger partial charge in [-0.3, -0.25) is 4.79 Å². The number of carbonyl (C=O) groups is 2. The van der Waals surface area contributed by atoms with Crippen molar-refractivity contribution in [2.24, 2.45) is 5.73 Å². The summed E-state index contributed by atoms with van der Waals surface area (Å²) in [5.41, 5.74) is 6.72. The first-order valence-electron chi connectivity index (χ1n) is 9.06. The van der Waals surface area contributed by atoms with Gasteiger partial charge in [-0.05, 0) is 32.3 Å². The van der Waals surface area contributed by atoms with Crippen LogP contribution in [0.3, 0.4) is 0 Å². The molecule has 25 heavy (non-hydrogen) atoms. The number of hydrogen-bond donors (Lipinski definition) is 2. The average Bonchev–Trinajstić information content (AvgIpc) is 2.62. The Balaban J connectivity index is 1.95. The lowest BCUT2D eigenvalue weighted by Gasteiger charge is -2.40. The van der Waals surface area contributed by atoms with Gasteiger partial charge in [-0.2, -0.15) is 0 Å². The summed E-state index contributed by atoms with van der Waals surface area (Å²) in [4.78, 5) is 26.4. The first-order valence-corrected chi connectivity index (χ1v) is 9.06. The lowest BCUT2D eigenvalue weighted by atomic mass is 9.89. The number of nitrogens with zero attached hydrogens (tertiary/aromatic N) is 1. The second-order valence-electron chi connectivity index (χ2n) is 6.58. The maximum Gasteiger partial charge on any atom is 0.407 e. The van der Waals surface area contributed by atoms with E-state index in [0.717, 1.165) is 31.2 Å². The second kappa shape index (κ2) is 9.42. The van der Waals surface area contributed by atoms with E-state index in [9.17, 15) is 9.59 Å². The Morgan fingerprint density at radius 3 is 2.60 bits per heavy atom. The van der Waals surface area contributed by atoms with Crippen LogP contribution in [-0.2, 0) is 16.1 Å². The summed E-state index contributed by atoms with van der Waals surface area (Å²) in [6.45, 7) is 4.46. The summed E-state index contributed by atoms with van der Waals surface area (Å²) in [5, 5.41) is 2.95. The van der Waals surface area contributed by atoms with Crippen molar-refractivity contribution in [3.63, 3.8) is 0 Å². The summed E-state index contributed by atoms with van der Waals surface area (Å²) >= 11 is 0. The molecule has 0 aliphatic heterocycles. The molecule has 1 aromatic carbocycles. The zero-order valence-electron chi connectivity index (χ0n) is 15.1. The Hall–Kier alpha value is -2.08. The number of likely N-dealkylation sites (N-methyl/N-ethyl adjacent to an activating group) is 1. The van der Waals surface area contributed by atoms with Gasteiger partial charge in [-0.1, -0.05) is 43.2 Å². The van der Waals surface area contributed by atoms with Crippen LogP contribution in [0.25, 0.3) is 0 Å². The highest BCUT2D eigenvalue weighted by atomic mass is 16.5. The SMILES string of the molecule is CCN(C(=O)[C@H](C)N)[C@H]1CCCC[C@@H]1NC(=O)OCc1ccccc1. The smallest absolute Gasteiger partial charge is 0.407 e. The van der Waals surface area contributed by atoms with Crippen molar-refractivity contribution in [3.8, 4) is 0 Å². The number of hydrogen-bond acceptors (Lipinski definition) is 4. The molecule has 6 heteroatoms. The van der Waals surface area contributed by atoms with Crippen molar-refractivity contribution in [2.45, 2.75) is 64.3 Å². The minimum absolute atomic E-state index is 0.0264. The molecule has 138 valence electrons. The molecule has 0 heterocycles. The van der Waals surface area contributed by atoms with Crippen LogP contribution < -0.4 is 11.1 Å². The summed E-state index contributed by atoms with van der Waals surface area (Å²) in [7, 11) is 0. The van der Waals surface area contributed by atoms with E-state index in [1.54, 1.807) is 11.8 Å². The van der Waals surface area contributed by atoms with Crippen LogP contribution in [0.15, 0.2) is 30.3 Å². The molecule has 1 saturated carbocycles. The maximum absolute atomic E-state index is 12.4. The maximum atomic E-state index is 12.4. The third-order valence-electron chi connectivity index (χ3n) is 4.66. The summed E-state index contributed by atoms with van der Waals surface area (Å²) in [5.74, 6) is -0.0705. The molecular formula is C19H29N3O3. The predicted octanol–water partition coefficient (Wildman–Crippen LogP) is 2.42. The fourth-order valence-corrected chi connectivity index (χ4v) is 3.38. The Bertz CT molecular complexity index is 562. The molecule has 0 radical (unpaired) electrons. The minimum Gasteiger partial charge on any atom is -0.445 e. The van der Waals surface area contributed by atoms with Crippen LogP contribution in [0.5, 0.6) is 0 Å². The average molecular weight is 347 g/mol. The van der Waals surface area contributed by atoms with Crippen LogP contribution in [0.1, 0.15) is 45.1 Å². The monoisotopic (exact) mass is 347 g/mol. The summed E-state index contributed by atoms with van der Waals surface area (Å²) < 4.78 is 5.32. The highest BCUT2D eigenvalue weighted by molar-refractivity contribution is 5.81. The van der Waals surface area contributed by atoms with Gasteiger partial charge in [-0.15, -0.1) is 0 Å². The van der Waals surface area contributed by atoms with Crippen LogP contribution >= 0.6 is 0 Å². The number of alkyl carbamates (subject to hydrolysis) is 1. The van der Waals surface area contributed by atoms with Crippen molar-refractivity contribution in [1.82, 2.24) is 10.2 Å². The Labute approximate surface area is 149 Å². The fraction of sp³-hybridized carbons (Fsp3) is 0.579. The van der Waals surface area contributed by atoms with Gasteiger partial charge in [0.25, 0.3) is 0 Å². The lowest BCUT2D eigenvalue weighted by Crippen LogP contribution is -2.57. The van der Waals surface area contributed by atoms with Crippen molar-refractivity contribution < 1.29 is 14.3 Å². The van der Waals surface area contributed by atoms with Gasteiger partial charge in [0.1, 0.15) is 6.61 Å². The first kappa shape index (κ1) is 19.2. The van der Waals surface area contributed by atoms with E-state index < -0.39 is 12.1 Å². The van der Waals surface area contributed by atoms with Crippen LogP contribution in [0.2, 0.25) is 0 Å². The minimum atomic E-state index is -0.535. The van der Waals surface area contributed by atoms with E-state index in [1.165, 1.54) is 0 Å². The number of carbonyl (C=O) groups excluding carboxylic acids is 2. The molecular weight excluding hydrogens is 318 g/mol. The topological polar surface area (TPSA) is 84.7 Å². The van der Waals surface area contributed by atoms with Crippen LogP contribution in [0.4, 0.5) is 4.79 Å². The number of nitrogens with one attached hydrogen (secondary N) is 1. The largest absolute Gasteiger partial charge is 0.445 e. The van der Waals surface area contributed by atoms with Gasteiger partial charge in [0.05, 0.1) is 18.1 Å². The molecule has 0 unspecified atom stereocenters. The second-order valence-corrected chi connectivity index (χ2v) is 6.58. The van der Waals surface area contributed by atoms with Crippen molar-refractivity contribution >= 4 is 12.0 Å². The highest BCUT2D eigenvalue weighted by Crippen LogP contribution is 2.24. The molecule has 0 bridgehead atoms. The Kier molecular flexibility index (Phi) is 7.25. The molecule has 3 atom stereocenters. The molecule has 2 amide bonds. The number of rotatable bonds is 6. The van der Waals surface area contributed by atoms with Crippen molar-refractivity contribution in [1.29, 1.82) is 0 Å². The van der Waals surface area contributed by atoms with E-state index >= 15 is 0 Å². The highest BCUT2D eigenvalue weighted by Gasteiger charge is 2.34. The lowest BCUT2D eigenvalue weighted by molar-refractivity contribution is -0.135. The molecule has 0 spiro atoms. The first-order chi connectivity index (χ1) is 12.0. The molecule has 6 nitrogen and oxygen atoms in total. The van der Waals surface area contributed by atoms with E-state index in [-0.39, 0.29) is 24.6 Å². The van der Waals surface area contributed by atoms with Gasteiger partial charge in [-0.25, -0.2) is 4.79 Å². The van der Waals surface area contributed by atoms with Crippen molar-refractivity contribution in [2.75, 3.05) is 6.54 Å². The third kappa shape index (κ3) is 5.46. The van der Waals surface area contributed by atoms with Crippen LogP contribution in [-0.4, -0.2) is 41.6 Å². The zero-order valence-corrected chi connectivity index (χ0v) is 15.1. The third-order valence-corrected chi connectivity index (χ3v) is 4.66. The number of amides is 2. The van der Waals surface area contributed by atoms with Gasteiger partial charge in [0.15, 0.2) is 0 Å². The Morgan fingerprint density at radius 2 is 1.96 bits per heavy atom. The number of benzene rings is 1. The molecule has 0 saturated heterocycles. The quantitative estimate of drug-likeness (QED) is 0.828. The predicted molar refractivity (Wildman–Crippen MR) is 96.8 cm³/mol. The normalized spacial score (nSPS) is 21.2. The molecule has 1 fully saturated rings. The summed E-state index contributed by atoms with van der Waals surface area (Å²) in [6.07, 6.45) is 3.35. The van der Waals surface area contributed by atoms with Gasteiger partial charge in [0.2, 0.25) is 5.91 Å². The van der Waals surface area contributed by atoms with E-state index in [0.29, 0.717) is 6.54 Å². The van der Waals surface area contributed by atoms with E-state index in [4.69, 9.17) is 10.5 Å². The van der Waals surface area contributed by atoms with Crippen molar-refractivity contribution in [3.05, 3.63) is 35.9 Å². The molecule has 1 aromatic rings. The summed E-state index contributed by atoms with van der Waals surface area (Å²) in [6, 6.07) is 8.91. The van der Waals surface area contributed by atoms with Gasteiger partial charge in [0, 0.05) is 6.54 Å². The zero-order chi connectivity index (χ0) is 18.2. The number of ether oxygens (including phenoxy) is 1. The van der Waals surface area contributed by atoms with Gasteiger partial charge < -0.3 is 20.7 Å². The molecule has 0 aromatic heterocycles. The van der Waals surface area contributed by atoms with Gasteiger partial charge >= 0.3 is 6.09 Å². The molecule has 3 N–H and O–H groups in total. The molecule has 1 aliphatic carbocycles. The Morgan fingerprint density at radius 1 is 1.28 bits per heavy atom.